The molecule has 1 N–H and O–H groups in total. The van der Waals surface area contributed by atoms with Crippen LogP contribution in [-0.4, -0.2) is 50.1 Å². The Labute approximate surface area is 190 Å². The Balaban J connectivity index is 1.39. The van der Waals surface area contributed by atoms with Crippen LogP contribution in [-0.2, 0) is 4.79 Å². The van der Waals surface area contributed by atoms with Gasteiger partial charge in [0.25, 0.3) is 0 Å². The van der Waals surface area contributed by atoms with Crippen molar-refractivity contribution in [3.8, 4) is 5.75 Å². The van der Waals surface area contributed by atoms with Crippen molar-refractivity contribution in [1.82, 2.24) is 10.2 Å². The fourth-order valence-electron chi connectivity index (χ4n) is 4.24. The molecule has 0 saturated carbocycles. The SMILES string of the molecule is COc1ccc(N2CCN([C@H](C)C(=O)NC(c3ccccc3)c3ccccc3)CC2)cc1. The van der Waals surface area contributed by atoms with Gasteiger partial charge in [0.15, 0.2) is 0 Å². The van der Waals surface area contributed by atoms with Gasteiger partial charge in [-0.05, 0) is 42.3 Å². The lowest BCUT2D eigenvalue weighted by atomic mass is 9.98. The van der Waals surface area contributed by atoms with Crippen LogP contribution in [0.2, 0.25) is 0 Å². The zero-order valence-electron chi connectivity index (χ0n) is 18.8. The number of nitrogens with zero attached hydrogens (tertiary/aromatic N) is 2. The van der Waals surface area contributed by atoms with Gasteiger partial charge < -0.3 is 15.0 Å². The average Bonchev–Trinajstić information content (AvgIpc) is 2.88. The molecule has 1 aliphatic rings. The highest BCUT2D eigenvalue weighted by atomic mass is 16.5. The molecular weight excluding hydrogens is 398 g/mol. The lowest BCUT2D eigenvalue weighted by Gasteiger charge is -2.39. The fraction of sp³-hybridized carbons (Fsp3) is 0.296. The number of hydrogen-bond donors (Lipinski definition) is 1. The summed E-state index contributed by atoms with van der Waals surface area (Å²) in [6.07, 6.45) is 0. The van der Waals surface area contributed by atoms with Crippen molar-refractivity contribution in [2.24, 2.45) is 0 Å². The number of amides is 1. The maximum absolute atomic E-state index is 13.2. The lowest BCUT2D eigenvalue weighted by molar-refractivity contribution is -0.126. The molecule has 0 radical (unpaired) electrons. The Morgan fingerprint density at radius 2 is 1.34 bits per heavy atom. The summed E-state index contributed by atoms with van der Waals surface area (Å²) < 4.78 is 5.26. The van der Waals surface area contributed by atoms with Crippen LogP contribution in [0.3, 0.4) is 0 Å². The quantitative estimate of drug-likeness (QED) is 0.614. The van der Waals surface area contributed by atoms with Crippen LogP contribution in [0.25, 0.3) is 0 Å². The molecule has 1 fully saturated rings. The highest BCUT2D eigenvalue weighted by Crippen LogP contribution is 2.23. The van der Waals surface area contributed by atoms with Crippen molar-refractivity contribution >= 4 is 11.6 Å². The Morgan fingerprint density at radius 1 is 0.812 bits per heavy atom. The van der Waals surface area contributed by atoms with Crippen molar-refractivity contribution in [2.75, 3.05) is 38.2 Å². The molecule has 0 unspecified atom stereocenters. The van der Waals surface area contributed by atoms with E-state index in [-0.39, 0.29) is 18.0 Å². The van der Waals surface area contributed by atoms with Gasteiger partial charge in [0.05, 0.1) is 19.2 Å². The molecule has 5 heteroatoms. The number of ether oxygens (including phenoxy) is 1. The molecule has 1 aliphatic heterocycles. The van der Waals surface area contributed by atoms with Crippen LogP contribution in [0.4, 0.5) is 5.69 Å². The molecule has 0 bridgehead atoms. The summed E-state index contributed by atoms with van der Waals surface area (Å²) in [6.45, 7) is 5.49. The Hall–Kier alpha value is -3.31. The number of nitrogens with one attached hydrogen (secondary N) is 1. The first-order valence-corrected chi connectivity index (χ1v) is 11.2. The second kappa shape index (κ2) is 10.3. The van der Waals surface area contributed by atoms with Crippen molar-refractivity contribution in [3.63, 3.8) is 0 Å². The standard InChI is InChI=1S/C27H31N3O2/c1-21(29-17-19-30(20-18-29)24-13-15-25(32-2)16-14-24)27(31)28-26(22-9-5-3-6-10-22)23-11-7-4-8-12-23/h3-16,21,26H,17-20H2,1-2H3,(H,28,31)/t21-/m1/s1. The van der Waals surface area contributed by atoms with Gasteiger partial charge in [0.1, 0.15) is 5.75 Å². The van der Waals surface area contributed by atoms with Gasteiger partial charge in [0.2, 0.25) is 5.91 Å². The van der Waals surface area contributed by atoms with Gasteiger partial charge in [-0.25, -0.2) is 0 Å². The van der Waals surface area contributed by atoms with E-state index in [1.165, 1.54) is 5.69 Å². The normalized spacial score (nSPS) is 15.4. The number of piperazine rings is 1. The number of benzene rings is 3. The van der Waals surface area contributed by atoms with Gasteiger partial charge in [0, 0.05) is 31.9 Å². The minimum atomic E-state index is -0.192. The lowest BCUT2D eigenvalue weighted by Crippen LogP contribution is -2.54. The summed E-state index contributed by atoms with van der Waals surface area (Å²) in [5.41, 5.74) is 3.36. The molecule has 0 aromatic heterocycles. The first kappa shape index (κ1) is 21.9. The van der Waals surface area contributed by atoms with Gasteiger partial charge >= 0.3 is 0 Å². The molecule has 1 atom stereocenters. The molecule has 3 aromatic carbocycles. The number of methoxy groups -OCH3 is 1. The van der Waals surface area contributed by atoms with Crippen LogP contribution >= 0.6 is 0 Å². The summed E-state index contributed by atoms with van der Waals surface area (Å²) in [5.74, 6) is 0.921. The van der Waals surface area contributed by atoms with Gasteiger partial charge in [-0.2, -0.15) is 0 Å². The van der Waals surface area contributed by atoms with Crippen LogP contribution in [0.15, 0.2) is 84.9 Å². The molecule has 0 aliphatic carbocycles. The average molecular weight is 430 g/mol. The summed E-state index contributed by atoms with van der Waals surface area (Å²) in [6, 6.07) is 28.1. The van der Waals surface area contributed by atoms with Gasteiger partial charge in [-0.15, -0.1) is 0 Å². The number of rotatable bonds is 7. The van der Waals surface area contributed by atoms with Crippen molar-refractivity contribution in [3.05, 3.63) is 96.1 Å². The predicted molar refractivity (Wildman–Crippen MR) is 129 cm³/mol. The summed E-state index contributed by atoms with van der Waals surface area (Å²) in [5, 5.41) is 3.29. The van der Waals surface area contributed by atoms with E-state index < -0.39 is 0 Å². The summed E-state index contributed by atoms with van der Waals surface area (Å²) in [4.78, 5) is 17.9. The van der Waals surface area contributed by atoms with E-state index in [4.69, 9.17) is 4.74 Å². The second-order valence-corrected chi connectivity index (χ2v) is 8.16. The number of carbonyl (C=O) groups excluding carboxylic acids is 1. The first-order chi connectivity index (χ1) is 15.7. The number of anilines is 1. The number of carbonyl (C=O) groups is 1. The fourth-order valence-corrected chi connectivity index (χ4v) is 4.24. The molecule has 1 saturated heterocycles. The highest BCUT2D eigenvalue weighted by molar-refractivity contribution is 5.82. The van der Waals surface area contributed by atoms with Gasteiger partial charge in [-0.3, -0.25) is 9.69 Å². The summed E-state index contributed by atoms with van der Waals surface area (Å²) >= 11 is 0. The molecule has 1 amide bonds. The molecule has 32 heavy (non-hydrogen) atoms. The van der Waals surface area contributed by atoms with Crippen molar-refractivity contribution < 1.29 is 9.53 Å². The minimum absolute atomic E-state index is 0.0561. The second-order valence-electron chi connectivity index (χ2n) is 8.16. The monoisotopic (exact) mass is 429 g/mol. The summed E-state index contributed by atoms with van der Waals surface area (Å²) in [7, 11) is 1.68. The third-order valence-corrected chi connectivity index (χ3v) is 6.23. The van der Waals surface area contributed by atoms with Crippen LogP contribution in [0, 0.1) is 0 Å². The Morgan fingerprint density at radius 3 is 1.84 bits per heavy atom. The first-order valence-electron chi connectivity index (χ1n) is 11.2. The molecule has 1 heterocycles. The van der Waals surface area contributed by atoms with E-state index in [0.717, 1.165) is 43.1 Å². The van der Waals surface area contributed by atoms with E-state index in [0.29, 0.717) is 0 Å². The van der Waals surface area contributed by atoms with E-state index in [2.05, 4.69) is 51.5 Å². The van der Waals surface area contributed by atoms with Crippen LogP contribution < -0.4 is 15.0 Å². The highest BCUT2D eigenvalue weighted by Gasteiger charge is 2.27. The maximum atomic E-state index is 13.2. The van der Waals surface area contributed by atoms with Crippen molar-refractivity contribution in [2.45, 2.75) is 19.0 Å². The smallest absolute Gasteiger partial charge is 0.237 e. The molecule has 5 nitrogen and oxygen atoms in total. The largest absolute Gasteiger partial charge is 0.497 e. The molecule has 166 valence electrons. The topological polar surface area (TPSA) is 44.8 Å². The van der Waals surface area contributed by atoms with E-state index in [1.807, 2.05) is 55.5 Å². The van der Waals surface area contributed by atoms with E-state index in [9.17, 15) is 4.79 Å². The third-order valence-electron chi connectivity index (χ3n) is 6.23. The van der Waals surface area contributed by atoms with Gasteiger partial charge in [-0.1, -0.05) is 60.7 Å². The minimum Gasteiger partial charge on any atom is -0.497 e. The number of hydrogen-bond acceptors (Lipinski definition) is 4. The molecular formula is C27H31N3O2. The zero-order chi connectivity index (χ0) is 22.3. The zero-order valence-corrected chi connectivity index (χ0v) is 18.8. The Bertz CT molecular complexity index is 945. The predicted octanol–water partition coefficient (Wildman–Crippen LogP) is 4.11. The molecule has 0 spiro atoms. The third kappa shape index (κ3) is 5.11. The van der Waals surface area contributed by atoms with E-state index >= 15 is 0 Å². The van der Waals surface area contributed by atoms with E-state index in [1.54, 1.807) is 7.11 Å². The maximum Gasteiger partial charge on any atom is 0.237 e. The molecule has 3 aromatic rings. The van der Waals surface area contributed by atoms with Crippen LogP contribution in [0.5, 0.6) is 5.75 Å². The molecule has 4 rings (SSSR count). The van der Waals surface area contributed by atoms with Crippen LogP contribution in [0.1, 0.15) is 24.1 Å². The Kier molecular flexibility index (Phi) is 7.07. The van der Waals surface area contributed by atoms with Crippen molar-refractivity contribution in [1.29, 1.82) is 0 Å².